The van der Waals surface area contributed by atoms with Crippen molar-refractivity contribution in [2.24, 2.45) is 7.05 Å². The Hall–Kier alpha value is -2.63. The van der Waals surface area contributed by atoms with E-state index in [1.54, 1.807) is 39.5 Å². The van der Waals surface area contributed by atoms with Crippen LogP contribution in [0, 0.1) is 0 Å². The zero-order valence-electron chi connectivity index (χ0n) is 15.0. The summed E-state index contributed by atoms with van der Waals surface area (Å²) >= 11 is 0. The van der Waals surface area contributed by atoms with Gasteiger partial charge in [0.25, 0.3) is 11.8 Å². The van der Waals surface area contributed by atoms with E-state index < -0.39 is 0 Å². The van der Waals surface area contributed by atoms with E-state index >= 15 is 0 Å². The molecule has 0 fully saturated rings. The fourth-order valence-electron chi connectivity index (χ4n) is 2.27. The van der Waals surface area contributed by atoms with Crippen LogP contribution in [0.2, 0.25) is 0 Å². The maximum atomic E-state index is 12.5. The minimum absolute atomic E-state index is 0.0314. The van der Waals surface area contributed by atoms with E-state index in [-0.39, 0.29) is 22.9 Å². The minimum Gasteiger partial charge on any atom is -0.343 e. The highest BCUT2D eigenvalue weighted by Crippen LogP contribution is 2.23. The summed E-state index contributed by atoms with van der Waals surface area (Å²) in [5.74, 6) is -0.523. The van der Waals surface area contributed by atoms with E-state index in [9.17, 15) is 9.59 Å². The molecule has 0 saturated heterocycles. The Balaban J connectivity index is 2.23. The number of benzene rings is 1. The third-order valence-electron chi connectivity index (χ3n) is 3.70. The van der Waals surface area contributed by atoms with Gasteiger partial charge in [0.05, 0.1) is 5.69 Å². The normalized spacial score (nSPS) is 11.2. The van der Waals surface area contributed by atoms with Crippen LogP contribution in [0.25, 0.3) is 0 Å². The van der Waals surface area contributed by atoms with Crippen LogP contribution < -0.4 is 5.32 Å². The van der Waals surface area contributed by atoms with Gasteiger partial charge >= 0.3 is 0 Å². The molecule has 0 spiro atoms. The van der Waals surface area contributed by atoms with E-state index in [1.165, 1.54) is 9.58 Å². The predicted octanol–water partition coefficient (Wildman–Crippen LogP) is 2.67. The van der Waals surface area contributed by atoms with Crippen molar-refractivity contribution in [3.05, 3.63) is 47.3 Å². The molecule has 2 amide bonds. The Kier molecular flexibility index (Phi) is 4.78. The summed E-state index contributed by atoms with van der Waals surface area (Å²) in [6.07, 6.45) is 1.62. The summed E-state index contributed by atoms with van der Waals surface area (Å²) in [5, 5.41) is 6.91. The number of rotatable bonds is 3. The fourth-order valence-corrected chi connectivity index (χ4v) is 2.27. The Labute approximate surface area is 142 Å². The highest BCUT2D eigenvalue weighted by molar-refractivity contribution is 6.08. The molecule has 1 aromatic heterocycles. The standard InChI is InChI=1S/C18H24N4O2/c1-18(2,3)13-9-7-12(8-10-13)16(23)19-14-11-22(6)20-15(14)17(24)21(4)5/h7-11H,1-6H3,(H,19,23). The first-order chi connectivity index (χ1) is 11.1. The van der Waals surface area contributed by atoms with Crippen molar-refractivity contribution < 1.29 is 9.59 Å². The van der Waals surface area contributed by atoms with E-state index in [2.05, 4.69) is 31.2 Å². The average molecular weight is 328 g/mol. The van der Waals surface area contributed by atoms with Gasteiger partial charge in [0, 0.05) is 32.9 Å². The molecule has 128 valence electrons. The quantitative estimate of drug-likeness (QED) is 0.942. The molecular weight excluding hydrogens is 304 g/mol. The van der Waals surface area contributed by atoms with Gasteiger partial charge in [-0.25, -0.2) is 0 Å². The van der Waals surface area contributed by atoms with Crippen molar-refractivity contribution in [3.63, 3.8) is 0 Å². The molecule has 1 N–H and O–H groups in total. The summed E-state index contributed by atoms with van der Waals surface area (Å²) in [7, 11) is 5.00. The molecule has 0 radical (unpaired) electrons. The average Bonchev–Trinajstić information content (AvgIpc) is 2.86. The smallest absolute Gasteiger partial charge is 0.276 e. The van der Waals surface area contributed by atoms with Gasteiger partial charge in [-0.3, -0.25) is 14.3 Å². The van der Waals surface area contributed by atoms with Crippen LogP contribution in [-0.2, 0) is 12.5 Å². The summed E-state index contributed by atoms with van der Waals surface area (Å²) in [5.41, 5.74) is 2.35. The van der Waals surface area contributed by atoms with E-state index in [1.807, 2.05) is 12.1 Å². The number of carbonyl (C=O) groups excluding carboxylic acids is 2. The lowest BCUT2D eigenvalue weighted by Gasteiger charge is -2.19. The van der Waals surface area contributed by atoms with Gasteiger partial charge < -0.3 is 10.2 Å². The molecule has 0 atom stereocenters. The number of hydrogen-bond acceptors (Lipinski definition) is 3. The van der Waals surface area contributed by atoms with Gasteiger partial charge in [0.1, 0.15) is 0 Å². The number of hydrogen-bond donors (Lipinski definition) is 1. The number of carbonyl (C=O) groups is 2. The van der Waals surface area contributed by atoms with Gasteiger partial charge in [-0.2, -0.15) is 5.10 Å². The fraction of sp³-hybridized carbons (Fsp3) is 0.389. The third kappa shape index (κ3) is 3.82. The van der Waals surface area contributed by atoms with Crippen LogP contribution in [-0.4, -0.2) is 40.6 Å². The lowest BCUT2D eigenvalue weighted by Crippen LogP contribution is -2.24. The highest BCUT2D eigenvalue weighted by Gasteiger charge is 2.20. The van der Waals surface area contributed by atoms with Crippen LogP contribution in [0.3, 0.4) is 0 Å². The molecule has 6 nitrogen and oxygen atoms in total. The van der Waals surface area contributed by atoms with Crippen LogP contribution in [0.1, 0.15) is 47.2 Å². The topological polar surface area (TPSA) is 67.2 Å². The molecule has 24 heavy (non-hydrogen) atoms. The van der Waals surface area contributed by atoms with Crippen molar-refractivity contribution in [1.29, 1.82) is 0 Å². The molecule has 0 aliphatic rings. The van der Waals surface area contributed by atoms with Crippen LogP contribution in [0.15, 0.2) is 30.5 Å². The molecule has 0 aliphatic carbocycles. The molecule has 0 unspecified atom stereocenters. The molecule has 0 bridgehead atoms. The number of aromatic nitrogens is 2. The van der Waals surface area contributed by atoms with Crippen LogP contribution in [0.4, 0.5) is 5.69 Å². The van der Waals surface area contributed by atoms with Crippen molar-refractivity contribution in [2.45, 2.75) is 26.2 Å². The van der Waals surface area contributed by atoms with Gasteiger partial charge in [0.2, 0.25) is 0 Å². The molecular formula is C18H24N4O2. The second-order valence-corrected chi connectivity index (χ2v) is 7.05. The predicted molar refractivity (Wildman–Crippen MR) is 94.3 cm³/mol. The summed E-state index contributed by atoms with van der Waals surface area (Å²) in [6.45, 7) is 6.37. The van der Waals surface area contributed by atoms with Crippen LogP contribution >= 0.6 is 0 Å². The van der Waals surface area contributed by atoms with E-state index in [4.69, 9.17) is 0 Å². The molecule has 0 aliphatic heterocycles. The number of amides is 2. The van der Waals surface area contributed by atoms with E-state index in [0.29, 0.717) is 11.3 Å². The first kappa shape index (κ1) is 17.7. The van der Waals surface area contributed by atoms with Gasteiger partial charge in [-0.15, -0.1) is 0 Å². The molecule has 1 aromatic carbocycles. The Bertz CT molecular complexity index is 752. The molecule has 2 aromatic rings. The Morgan fingerprint density at radius 1 is 1.12 bits per heavy atom. The lowest BCUT2D eigenvalue weighted by atomic mass is 9.87. The first-order valence-corrected chi connectivity index (χ1v) is 7.77. The second kappa shape index (κ2) is 6.47. The van der Waals surface area contributed by atoms with Crippen molar-refractivity contribution >= 4 is 17.5 Å². The summed E-state index contributed by atoms with van der Waals surface area (Å²) < 4.78 is 1.51. The Morgan fingerprint density at radius 2 is 1.71 bits per heavy atom. The second-order valence-electron chi connectivity index (χ2n) is 7.05. The molecule has 2 rings (SSSR count). The Morgan fingerprint density at radius 3 is 2.21 bits per heavy atom. The molecule has 0 saturated carbocycles. The summed E-state index contributed by atoms with van der Waals surface area (Å²) in [6, 6.07) is 7.48. The number of aryl methyl sites for hydroxylation is 1. The molecule has 6 heteroatoms. The number of anilines is 1. The van der Waals surface area contributed by atoms with Crippen molar-refractivity contribution in [3.8, 4) is 0 Å². The number of nitrogens with zero attached hydrogens (tertiary/aromatic N) is 3. The first-order valence-electron chi connectivity index (χ1n) is 7.77. The van der Waals surface area contributed by atoms with E-state index in [0.717, 1.165) is 5.56 Å². The molecule has 1 heterocycles. The monoisotopic (exact) mass is 328 g/mol. The number of nitrogens with one attached hydrogen (secondary N) is 1. The zero-order chi connectivity index (χ0) is 18.1. The largest absolute Gasteiger partial charge is 0.343 e. The van der Waals surface area contributed by atoms with Crippen LogP contribution in [0.5, 0.6) is 0 Å². The van der Waals surface area contributed by atoms with Crippen molar-refractivity contribution in [1.82, 2.24) is 14.7 Å². The minimum atomic E-state index is -0.267. The van der Waals surface area contributed by atoms with Gasteiger partial charge in [-0.1, -0.05) is 32.9 Å². The maximum absolute atomic E-state index is 12.5. The zero-order valence-corrected chi connectivity index (χ0v) is 15.0. The highest BCUT2D eigenvalue weighted by atomic mass is 16.2. The van der Waals surface area contributed by atoms with Crippen molar-refractivity contribution in [2.75, 3.05) is 19.4 Å². The lowest BCUT2D eigenvalue weighted by molar-refractivity contribution is 0.0822. The maximum Gasteiger partial charge on any atom is 0.276 e. The third-order valence-corrected chi connectivity index (χ3v) is 3.70. The van der Waals surface area contributed by atoms with Gasteiger partial charge in [-0.05, 0) is 23.1 Å². The summed E-state index contributed by atoms with van der Waals surface area (Å²) in [4.78, 5) is 26.0. The van der Waals surface area contributed by atoms with Gasteiger partial charge in [0.15, 0.2) is 5.69 Å². The SMILES string of the molecule is CN(C)C(=O)c1nn(C)cc1NC(=O)c1ccc(C(C)(C)C)cc1.